The summed E-state index contributed by atoms with van der Waals surface area (Å²) in [6.45, 7) is 1.78. The Morgan fingerprint density at radius 2 is 2.11 bits per heavy atom. The number of anilines is 1. The van der Waals surface area contributed by atoms with Crippen molar-refractivity contribution in [1.29, 1.82) is 5.26 Å². The molecule has 0 saturated heterocycles. The molecular weight excluding hydrogens is 378 g/mol. The first-order valence-corrected chi connectivity index (χ1v) is 8.48. The molecule has 0 aliphatic carbocycles. The number of imidazole rings is 1. The van der Waals surface area contributed by atoms with Crippen molar-refractivity contribution in [1.82, 2.24) is 29.5 Å². The molecule has 0 aliphatic heterocycles. The minimum Gasteiger partial charge on any atom is -0.382 e. The lowest BCUT2D eigenvalue weighted by atomic mass is 10.1. The van der Waals surface area contributed by atoms with Crippen LogP contribution in [-0.2, 0) is 0 Å². The van der Waals surface area contributed by atoms with E-state index >= 15 is 0 Å². The molecule has 0 unspecified atom stereocenters. The average Bonchev–Trinajstić information content (AvgIpc) is 3.08. The fourth-order valence-corrected chi connectivity index (χ4v) is 2.83. The molecule has 0 saturated carbocycles. The number of rotatable bonds is 3. The Morgan fingerprint density at radius 1 is 1.25 bits per heavy atom. The van der Waals surface area contributed by atoms with Crippen LogP contribution in [0, 0.1) is 11.3 Å². The zero-order chi connectivity index (χ0) is 19.7. The van der Waals surface area contributed by atoms with E-state index in [1.165, 1.54) is 17.0 Å². The van der Waals surface area contributed by atoms with E-state index < -0.39 is 0 Å². The van der Waals surface area contributed by atoms with Gasteiger partial charge in [0, 0.05) is 17.5 Å². The number of hydrogen-bond acceptors (Lipinski definition) is 8. The maximum absolute atomic E-state index is 9.33. The minimum absolute atomic E-state index is 0.0719. The molecule has 136 valence electrons. The standard InChI is InChI=1S/C18H12ClN9/c1-10(26-18-12(7-20)17(21)24-9-25-18)11-6-15-23-8-14(19)28(15)27-16(11)13-4-2-3-5-22-13/h2-6,8-9H,1H3,(H2,21,24,25). The molecule has 0 aliphatic rings. The fourth-order valence-electron chi connectivity index (χ4n) is 2.66. The summed E-state index contributed by atoms with van der Waals surface area (Å²) < 4.78 is 1.52. The number of nitrogens with zero attached hydrogens (tertiary/aromatic N) is 8. The number of pyridine rings is 1. The summed E-state index contributed by atoms with van der Waals surface area (Å²) in [4.78, 5) is 21.0. The third-order valence-corrected chi connectivity index (χ3v) is 4.25. The Kier molecular flexibility index (Phi) is 4.39. The highest BCUT2D eigenvalue weighted by atomic mass is 35.5. The van der Waals surface area contributed by atoms with Gasteiger partial charge < -0.3 is 5.73 Å². The summed E-state index contributed by atoms with van der Waals surface area (Å²) in [5, 5.41) is 14.3. The van der Waals surface area contributed by atoms with Gasteiger partial charge in [-0.05, 0) is 25.1 Å². The number of aliphatic imine (C=N–C) groups is 1. The van der Waals surface area contributed by atoms with Crippen molar-refractivity contribution in [3.05, 3.63) is 59.3 Å². The van der Waals surface area contributed by atoms with E-state index in [0.29, 0.717) is 33.5 Å². The second-order valence-electron chi connectivity index (χ2n) is 5.74. The van der Waals surface area contributed by atoms with Crippen LogP contribution in [0.2, 0.25) is 5.15 Å². The van der Waals surface area contributed by atoms with Crippen molar-refractivity contribution >= 4 is 34.6 Å². The largest absolute Gasteiger partial charge is 0.382 e. The molecule has 0 fully saturated rings. The lowest BCUT2D eigenvalue weighted by Crippen LogP contribution is -2.06. The molecule has 9 nitrogen and oxygen atoms in total. The Hall–Kier alpha value is -3.90. The Bertz CT molecular complexity index is 1260. The summed E-state index contributed by atoms with van der Waals surface area (Å²) in [6, 6.07) is 9.29. The molecule has 0 amide bonds. The number of fused-ring (bicyclic) bond motifs is 1. The first kappa shape index (κ1) is 17.5. The van der Waals surface area contributed by atoms with Gasteiger partial charge in [0.15, 0.2) is 16.6 Å². The van der Waals surface area contributed by atoms with Gasteiger partial charge in [-0.1, -0.05) is 17.7 Å². The van der Waals surface area contributed by atoms with Crippen LogP contribution < -0.4 is 5.73 Å². The number of aromatic nitrogens is 6. The number of nitriles is 1. The zero-order valence-electron chi connectivity index (χ0n) is 14.6. The summed E-state index contributed by atoms with van der Waals surface area (Å²) in [7, 11) is 0. The van der Waals surface area contributed by atoms with Crippen LogP contribution >= 0.6 is 11.6 Å². The fraction of sp³-hybridized carbons (Fsp3) is 0.0556. The minimum atomic E-state index is 0.0719. The number of hydrogen-bond donors (Lipinski definition) is 1. The summed E-state index contributed by atoms with van der Waals surface area (Å²) in [5.74, 6) is 0.253. The van der Waals surface area contributed by atoms with E-state index in [4.69, 9.17) is 17.3 Å². The van der Waals surface area contributed by atoms with Crippen LogP contribution in [-0.4, -0.2) is 35.3 Å². The Labute approximate surface area is 164 Å². The third kappa shape index (κ3) is 3.02. The molecule has 0 bridgehead atoms. The molecule has 0 spiro atoms. The predicted octanol–water partition coefficient (Wildman–Crippen LogP) is 2.83. The predicted molar refractivity (Wildman–Crippen MR) is 104 cm³/mol. The summed E-state index contributed by atoms with van der Waals surface area (Å²) in [5.41, 5.74) is 8.85. The van der Waals surface area contributed by atoms with Gasteiger partial charge in [0.2, 0.25) is 0 Å². The smallest absolute Gasteiger partial charge is 0.175 e. The lowest BCUT2D eigenvalue weighted by molar-refractivity contribution is 0.936. The molecule has 0 atom stereocenters. The molecule has 4 aromatic rings. The first-order chi connectivity index (χ1) is 13.6. The molecule has 10 heteroatoms. The van der Waals surface area contributed by atoms with Crippen molar-refractivity contribution in [2.24, 2.45) is 4.99 Å². The molecule has 4 heterocycles. The molecule has 0 radical (unpaired) electrons. The van der Waals surface area contributed by atoms with Gasteiger partial charge in [-0.2, -0.15) is 10.4 Å². The van der Waals surface area contributed by atoms with Gasteiger partial charge in [-0.25, -0.2) is 24.5 Å². The Morgan fingerprint density at radius 3 is 2.86 bits per heavy atom. The highest BCUT2D eigenvalue weighted by molar-refractivity contribution is 6.29. The summed E-state index contributed by atoms with van der Waals surface area (Å²) in [6.07, 6.45) is 4.45. The van der Waals surface area contributed by atoms with Crippen molar-refractivity contribution in [3.63, 3.8) is 0 Å². The molecule has 0 aromatic carbocycles. The van der Waals surface area contributed by atoms with Crippen molar-refractivity contribution in [2.75, 3.05) is 5.73 Å². The van der Waals surface area contributed by atoms with Gasteiger partial charge in [-0.15, -0.1) is 0 Å². The summed E-state index contributed by atoms with van der Waals surface area (Å²) >= 11 is 6.17. The second-order valence-corrected chi connectivity index (χ2v) is 6.13. The Balaban J connectivity index is 1.95. The molecular formula is C18H12ClN9. The van der Waals surface area contributed by atoms with E-state index in [1.54, 1.807) is 19.2 Å². The lowest BCUT2D eigenvalue weighted by Gasteiger charge is -2.09. The van der Waals surface area contributed by atoms with Crippen LogP contribution in [0.5, 0.6) is 0 Å². The topological polar surface area (TPSA) is 131 Å². The maximum Gasteiger partial charge on any atom is 0.175 e. The van der Waals surface area contributed by atoms with E-state index in [1.807, 2.05) is 24.3 Å². The quantitative estimate of drug-likeness (QED) is 0.533. The van der Waals surface area contributed by atoms with E-state index in [2.05, 4.69) is 30.0 Å². The molecule has 2 N–H and O–H groups in total. The second kappa shape index (κ2) is 7.02. The number of nitrogens with two attached hydrogens (primary N) is 1. The van der Waals surface area contributed by atoms with Crippen molar-refractivity contribution in [3.8, 4) is 17.5 Å². The normalized spacial score (nSPS) is 11.5. The van der Waals surface area contributed by atoms with Gasteiger partial charge >= 0.3 is 0 Å². The van der Waals surface area contributed by atoms with Gasteiger partial charge in [0.05, 0.1) is 11.9 Å². The van der Waals surface area contributed by atoms with Crippen molar-refractivity contribution < 1.29 is 0 Å². The monoisotopic (exact) mass is 389 g/mol. The van der Waals surface area contributed by atoms with Crippen LogP contribution in [0.1, 0.15) is 18.1 Å². The highest BCUT2D eigenvalue weighted by Crippen LogP contribution is 2.25. The highest BCUT2D eigenvalue weighted by Gasteiger charge is 2.16. The van der Waals surface area contributed by atoms with Crippen LogP contribution in [0.25, 0.3) is 17.0 Å². The third-order valence-electron chi connectivity index (χ3n) is 3.99. The zero-order valence-corrected chi connectivity index (χ0v) is 15.3. The van der Waals surface area contributed by atoms with Crippen molar-refractivity contribution in [2.45, 2.75) is 6.92 Å². The van der Waals surface area contributed by atoms with Crippen LogP contribution in [0.15, 0.2) is 48.0 Å². The SMILES string of the molecule is CC(=Nc1ncnc(N)c1C#N)c1cc2ncc(Cl)n2nc1-c1ccccn1. The molecule has 4 rings (SSSR count). The van der Waals surface area contributed by atoms with Gasteiger partial charge in [0.1, 0.15) is 29.5 Å². The van der Waals surface area contributed by atoms with Gasteiger partial charge in [0.25, 0.3) is 0 Å². The maximum atomic E-state index is 9.33. The van der Waals surface area contributed by atoms with E-state index in [0.717, 1.165) is 0 Å². The first-order valence-electron chi connectivity index (χ1n) is 8.10. The number of halogens is 1. The van der Waals surface area contributed by atoms with Crippen LogP contribution in [0.3, 0.4) is 0 Å². The number of nitrogen functional groups attached to an aromatic ring is 1. The molecule has 4 aromatic heterocycles. The molecule has 28 heavy (non-hydrogen) atoms. The van der Waals surface area contributed by atoms with E-state index in [-0.39, 0.29) is 17.2 Å². The van der Waals surface area contributed by atoms with Crippen LogP contribution in [0.4, 0.5) is 11.6 Å². The van der Waals surface area contributed by atoms with Gasteiger partial charge in [-0.3, -0.25) is 4.98 Å². The van der Waals surface area contributed by atoms with E-state index in [9.17, 15) is 5.26 Å². The average molecular weight is 390 g/mol.